The van der Waals surface area contributed by atoms with Gasteiger partial charge in [-0.25, -0.2) is 0 Å². The van der Waals surface area contributed by atoms with Gasteiger partial charge in [0.2, 0.25) is 0 Å². The Morgan fingerprint density at radius 1 is 1.30 bits per heavy atom. The molecule has 0 aliphatic carbocycles. The minimum Gasteiger partial charge on any atom is -0.493 e. The summed E-state index contributed by atoms with van der Waals surface area (Å²) in [6, 6.07) is 7.05. The molecule has 0 radical (unpaired) electrons. The summed E-state index contributed by atoms with van der Waals surface area (Å²) in [7, 11) is 0. The predicted octanol–water partition coefficient (Wildman–Crippen LogP) is 2.61. The van der Waals surface area contributed by atoms with Gasteiger partial charge in [0.15, 0.2) is 0 Å². The van der Waals surface area contributed by atoms with Gasteiger partial charge in [0, 0.05) is 12.1 Å². The fraction of sp³-hybridized carbons (Fsp3) is 0.562. The number of aliphatic hydroxyl groups excluding tert-OH is 1. The van der Waals surface area contributed by atoms with Crippen molar-refractivity contribution in [2.75, 3.05) is 13.2 Å². The Hall–Kier alpha value is -1.55. The highest BCUT2D eigenvalue weighted by Crippen LogP contribution is 2.13. The molecule has 4 heteroatoms. The lowest BCUT2D eigenvalue weighted by Crippen LogP contribution is -2.31. The van der Waals surface area contributed by atoms with Gasteiger partial charge >= 0.3 is 0 Å². The van der Waals surface area contributed by atoms with Crippen molar-refractivity contribution in [3.8, 4) is 5.75 Å². The Balaban J connectivity index is 2.45. The van der Waals surface area contributed by atoms with Crippen LogP contribution in [0.5, 0.6) is 5.75 Å². The highest BCUT2D eigenvalue weighted by molar-refractivity contribution is 5.94. The number of nitrogens with one attached hydrogen (secondary N) is 1. The number of aliphatic hydroxyl groups is 1. The Labute approximate surface area is 121 Å². The van der Waals surface area contributed by atoms with Gasteiger partial charge in [0.05, 0.1) is 12.7 Å². The molecular weight excluding hydrogens is 254 g/mol. The molecule has 1 rings (SSSR count). The first-order valence-electron chi connectivity index (χ1n) is 7.22. The van der Waals surface area contributed by atoms with E-state index in [0.29, 0.717) is 24.5 Å². The summed E-state index contributed by atoms with van der Waals surface area (Å²) in [5, 5.41) is 12.3. The van der Waals surface area contributed by atoms with Crippen molar-refractivity contribution in [2.24, 2.45) is 5.92 Å². The summed E-state index contributed by atoms with van der Waals surface area (Å²) < 4.78 is 5.56. The Bertz CT molecular complexity index is 401. The van der Waals surface area contributed by atoms with Crippen molar-refractivity contribution in [2.45, 2.75) is 39.7 Å². The molecule has 0 aliphatic rings. The van der Waals surface area contributed by atoms with E-state index in [-0.39, 0.29) is 12.5 Å². The van der Waals surface area contributed by atoms with E-state index in [1.165, 1.54) is 0 Å². The van der Waals surface area contributed by atoms with Crippen molar-refractivity contribution in [3.05, 3.63) is 29.8 Å². The Morgan fingerprint density at radius 2 is 1.95 bits per heavy atom. The maximum absolute atomic E-state index is 11.9. The topological polar surface area (TPSA) is 58.6 Å². The van der Waals surface area contributed by atoms with Gasteiger partial charge in [-0.1, -0.05) is 27.2 Å². The lowest BCUT2D eigenvalue weighted by molar-refractivity contribution is 0.0910. The van der Waals surface area contributed by atoms with E-state index in [2.05, 4.69) is 19.2 Å². The van der Waals surface area contributed by atoms with Crippen molar-refractivity contribution < 1.29 is 14.6 Å². The van der Waals surface area contributed by atoms with E-state index in [0.717, 1.165) is 12.2 Å². The molecule has 0 saturated heterocycles. The summed E-state index contributed by atoms with van der Waals surface area (Å²) in [5.74, 6) is 1.06. The van der Waals surface area contributed by atoms with Gasteiger partial charge in [-0.3, -0.25) is 4.79 Å². The number of carbonyl (C=O) groups is 1. The smallest absolute Gasteiger partial charge is 0.251 e. The summed E-state index contributed by atoms with van der Waals surface area (Å²) in [4.78, 5) is 11.9. The van der Waals surface area contributed by atoms with Crippen molar-refractivity contribution in [3.63, 3.8) is 0 Å². The summed E-state index contributed by atoms with van der Waals surface area (Å²) in [6.07, 6.45) is 1.12. The van der Waals surface area contributed by atoms with Crippen LogP contribution < -0.4 is 10.1 Å². The van der Waals surface area contributed by atoms with Gasteiger partial charge in [0.25, 0.3) is 5.91 Å². The molecule has 112 valence electrons. The molecule has 0 saturated carbocycles. The van der Waals surface area contributed by atoms with E-state index in [4.69, 9.17) is 4.74 Å². The van der Waals surface area contributed by atoms with Crippen LogP contribution in [0.1, 0.15) is 44.0 Å². The van der Waals surface area contributed by atoms with Gasteiger partial charge < -0.3 is 15.2 Å². The number of amides is 1. The number of ether oxygens (including phenoxy) is 1. The third kappa shape index (κ3) is 6.06. The maximum atomic E-state index is 11.9. The molecule has 0 bridgehead atoms. The SMILES string of the molecule is CCCC(O)CNC(=O)c1ccc(OCC(C)C)cc1. The van der Waals surface area contributed by atoms with Crippen LogP contribution in [-0.4, -0.2) is 30.3 Å². The van der Waals surface area contributed by atoms with Crippen LogP contribution in [0, 0.1) is 5.92 Å². The predicted molar refractivity (Wildman–Crippen MR) is 80.0 cm³/mol. The summed E-state index contributed by atoms with van der Waals surface area (Å²) in [6.45, 7) is 7.13. The van der Waals surface area contributed by atoms with Crippen molar-refractivity contribution >= 4 is 5.91 Å². The van der Waals surface area contributed by atoms with Gasteiger partial charge in [-0.05, 0) is 36.6 Å². The quantitative estimate of drug-likeness (QED) is 0.769. The average molecular weight is 279 g/mol. The largest absolute Gasteiger partial charge is 0.493 e. The molecule has 0 aromatic heterocycles. The third-order valence-electron chi connectivity index (χ3n) is 2.82. The highest BCUT2D eigenvalue weighted by atomic mass is 16.5. The van der Waals surface area contributed by atoms with E-state index in [1.54, 1.807) is 24.3 Å². The first-order chi connectivity index (χ1) is 9.52. The second-order valence-corrected chi connectivity index (χ2v) is 5.38. The molecule has 0 fully saturated rings. The number of hydrogen-bond donors (Lipinski definition) is 2. The molecule has 0 aliphatic heterocycles. The second-order valence-electron chi connectivity index (χ2n) is 5.38. The molecule has 1 unspecified atom stereocenters. The zero-order chi connectivity index (χ0) is 15.0. The number of carbonyl (C=O) groups excluding carboxylic acids is 1. The summed E-state index contributed by atoms with van der Waals surface area (Å²) in [5.41, 5.74) is 0.575. The van der Waals surface area contributed by atoms with E-state index < -0.39 is 6.10 Å². The van der Waals surface area contributed by atoms with Gasteiger partial charge in [0.1, 0.15) is 5.75 Å². The molecule has 1 aromatic rings. The van der Waals surface area contributed by atoms with Crippen molar-refractivity contribution in [1.82, 2.24) is 5.32 Å². The van der Waals surface area contributed by atoms with Crippen LogP contribution in [0.25, 0.3) is 0 Å². The van der Waals surface area contributed by atoms with Crippen LogP contribution in [0.15, 0.2) is 24.3 Å². The number of rotatable bonds is 8. The molecule has 0 heterocycles. The van der Waals surface area contributed by atoms with E-state index >= 15 is 0 Å². The van der Waals surface area contributed by atoms with Crippen LogP contribution in [0.4, 0.5) is 0 Å². The molecule has 4 nitrogen and oxygen atoms in total. The summed E-state index contributed by atoms with van der Waals surface area (Å²) >= 11 is 0. The van der Waals surface area contributed by atoms with Crippen LogP contribution in [-0.2, 0) is 0 Å². The van der Waals surface area contributed by atoms with Crippen molar-refractivity contribution in [1.29, 1.82) is 0 Å². The van der Waals surface area contributed by atoms with Gasteiger partial charge in [-0.2, -0.15) is 0 Å². The van der Waals surface area contributed by atoms with Crippen LogP contribution >= 0.6 is 0 Å². The highest BCUT2D eigenvalue weighted by Gasteiger charge is 2.08. The lowest BCUT2D eigenvalue weighted by Gasteiger charge is -2.11. The first kappa shape index (κ1) is 16.5. The normalized spacial score (nSPS) is 12.2. The number of benzene rings is 1. The molecule has 1 amide bonds. The lowest BCUT2D eigenvalue weighted by atomic mass is 10.2. The first-order valence-corrected chi connectivity index (χ1v) is 7.22. The minimum absolute atomic E-state index is 0.171. The standard InChI is InChI=1S/C16H25NO3/c1-4-5-14(18)10-17-16(19)13-6-8-15(9-7-13)20-11-12(2)3/h6-9,12,14,18H,4-5,10-11H2,1-3H3,(H,17,19). The third-order valence-corrected chi connectivity index (χ3v) is 2.82. The molecule has 20 heavy (non-hydrogen) atoms. The zero-order valence-electron chi connectivity index (χ0n) is 12.6. The monoisotopic (exact) mass is 279 g/mol. The number of hydrogen-bond acceptors (Lipinski definition) is 3. The van der Waals surface area contributed by atoms with Crippen LogP contribution in [0.3, 0.4) is 0 Å². The van der Waals surface area contributed by atoms with Crippen LogP contribution in [0.2, 0.25) is 0 Å². The average Bonchev–Trinajstić information content (AvgIpc) is 2.43. The molecular formula is C16H25NO3. The molecule has 1 atom stereocenters. The van der Waals surface area contributed by atoms with E-state index in [9.17, 15) is 9.90 Å². The molecule has 0 spiro atoms. The fourth-order valence-corrected chi connectivity index (χ4v) is 1.71. The van der Waals surface area contributed by atoms with Gasteiger partial charge in [-0.15, -0.1) is 0 Å². The fourth-order valence-electron chi connectivity index (χ4n) is 1.71. The Morgan fingerprint density at radius 3 is 2.50 bits per heavy atom. The maximum Gasteiger partial charge on any atom is 0.251 e. The second kappa shape index (κ2) is 8.59. The van der Waals surface area contributed by atoms with E-state index in [1.807, 2.05) is 6.92 Å². The molecule has 2 N–H and O–H groups in total. The zero-order valence-corrected chi connectivity index (χ0v) is 12.6. The minimum atomic E-state index is -0.474. The Kier molecular flexibility index (Phi) is 7.09. The molecule has 1 aromatic carbocycles.